The topological polar surface area (TPSA) is 56.0 Å². The highest BCUT2D eigenvalue weighted by Gasteiger charge is 2.18. The van der Waals surface area contributed by atoms with E-state index in [4.69, 9.17) is 0 Å². The van der Waals surface area contributed by atoms with E-state index in [9.17, 15) is 10.1 Å². The highest BCUT2D eigenvalue weighted by molar-refractivity contribution is 7.09. The van der Waals surface area contributed by atoms with Gasteiger partial charge in [0.1, 0.15) is 0 Å². The van der Waals surface area contributed by atoms with E-state index in [1.165, 1.54) is 0 Å². The van der Waals surface area contributed by atoms with Crippen LogP contribution in [0, 0.1) is 17.0 Å². The first-order valence-corrected chi connectivity index (χ1v) is 4.77. The molecule has 0 bridgehead atoms. The lowest BCUT2D eigenvalue weighted by molar-refractivity contribution is -0.503. The molecule has 1 unspecified atom stereocenters. The molecule has 0 radical (unpaired) electrons. The molecule has 1 aromatic rings. The third kappa shape index (κ3) is 1.47. The molecule has 1 aliphatic carbocycles. The lowest BCUT2D eigenvalue weighted by atomic mass is 10.1. The minimum absolute atomic E-state index is 0.270. The van der Waals surface area contributed by atoms with Gasteiger partial charge in [-0.3, -0.25) is 10.1 Å². The van der Waals surface area contributed by atoms with E-state index >= 15 is 0 Å². The van der Waals surface area contributed by atoms with Crippen LogP contribution in [0.15, 0.2) is 0 Å². The summed E-state index contributed by atoms with van der Waals surface area (Å²) < 4.78 is 1.07. The van der Waals surface area contributed by atoms with Gasteiger partial charge in [0.05, 0.1) is 14.9 Å². The van der Waals surface area contributed by atoms with Crippen LogP contribution in [0.5, 0.6) is 0 Å². The summed E-state index contributed by atoms with van der Waals surface area (Å²) in [7, 11) is 0. The third-order valence-corrected chi connectivity index (χ3v) is 2.94. The van der Waals surface area contributed by atoms with Gasteiger partial charge in [0, 0.05) is 17.4 Å². The average molecular weight is 196 g/mol. The van der Waals surface area contributed by atoms with Crippen LogP contribution in [0.1, 0.15) is 11.4 Å². The predicted octanol–water partition coefficient (Wildman–Crippen LogP) is 0.0615. The SMILES string of the molecule is Cc1nc2c(s1)=CCC([N+](=O)[O-])C=2. The Hall–Kier alpha value is -1.23. The molecule has 0 spiro atoms. The van der Waals surface area contributed by atoms with Gasteiger partial charge in [-0.05, 0) is 6.92 Å². The standard InChI is InChI=1S/C8H8N2O2S/c1-5-9-7-4-6(10(11)12)2-3-8(7)13-5/h3-4,6H,2H2,1H3. The lowest BCUT2D eigenvalue weighted by Crippen LogP contribution is -2.31. The number of nitrogens with zero attached hydrogens (tertiary/aromatic N) is 2. The normalized spacial score (nSPS) is 19.9. The molecular formula is C8H8N2O2S. The quantitative estimate of drug-likeness (QED) is 0.471. The fourth-order valence-electron chi connectivity index (χ4n) is 1.35. The van der Waals surface area contributed by atoms with Crippen LogP contribution in [0.25, 0.3) is 12.2 Å². The summed E-state index contributed by atoms with van der Waals surface area (Å²) in [5, 5.41) is 12.2. The van der Waals surface area contributed by atoms with Crippen molar-refractivity contribution in [2.75, 3.05) is 0 Å². The van der Waals surface area contributed by atoms with Crippen LogP contribution < -0.4 is 9.88 Å². The first-order chi connectivity index (χ1) is 6.16. The summed E-state index contributed by atoms with van der Waals surface area (Å²) in [6.07, 6.45) is 4.02. The van der Waals surface area contributed by atoms with Gasteiger partial charge < -0.3 is 0 Å². The van der Waals surface area contributed by atoms with Crippen LogP contribution in [0.2, 0.25) is 0 Å². The summed E-state index contributed by atoms with van der Waals surface area (Å²) >= 11 is 1.58. The molecule has 5 heteroatoms. The van der Waals surface area contributed by atoms with Gasteiger partial charge in [0.25, 0.3) is 0 Å². The van der Waals surface area contributed by atoms with Crippen molar-refractivity contribution in [1.29, 1.82) is 0 Å². The Labute approximate surface area is 78.4 Å². The van der Waals surface area contributed by atoms with E-state index in [0.29, 0.717) is 6.42 Å². The molecule has 2 rings (SSSR count). The molecule has 1 heterocycles. The van der Waals surface area contributed by atoms with Crippen molar-refractivity contribution in [2.24, 2.45) is 0 Å². The largest absolute Gasteiger partial charge is 0.264 e. The van der Waals surface area contributed by atoms with E-state index in [1.54, 1.807) is 17.4 Å². The molecule has 0 saturated heterocycles. The Morgan fingerprint density at radius 3 is 3.23 bits per heavy atom. The summed E-state index contributed by atoms with van der Waals surface area (Å²) in [4.78, 5) is 14.4. The van der Waals surface area contributed by atoms with E-state index in [-0.39, 0.29) is 4.92 Å². The minimum Gasteiger partial charge on any atom is -0.264 e. The van der Waals surface area contributed by atoms with Gasteiger partial charge in [0.15, 0.2) is 0 Å². The van der Waals surface area contributed by atoms with Gasteiger partial charge >= 0.3 is 0 Å². The van der Waals surface area contributed by atoms with E-state index < -0.39 is 6.04 Å². The van der Waals surface area contributed by atoms with Crippen molar-refractivity contribution < 1.29 is 4.92 Å². The van der Waals surface area contributed by atoms with Gasteiger partial charge in [-0.1, -0.05) is 6.08 Å². The van der Waals surface area contributed by atoms with Crippen LogP contribution >= 0.6 is 11.3 Å². The Kier molecular flexibility index (Phi) is 1.88. The van der Waals surface area contributed by atoms with Crippen molar-refractivity contribution in [2.45, 2.75) is 19.4 Å². The monoisotopic (exact) mass is 196 g/mol. The molecule has 0 aliphatic heterocycles. The van der Waals surface area contributed by atoms with Gasteiger partial charge in [-0.15, -0.1) is 11.3 Å². The number of fused-ring (bicyclic) bond motifs is 1. The van der Waals surface area contributed by atoms with Crippen LogP contribution in [0.4, 0.5) is 0 Å². The molecule has 4 nitrogen and oxygen atoms in total. The van der Waals surface area contributed by atoms with Crippen molar-refractivity contribution in [3.05, 3.63) is 25.0 Å². The summed E-state index contributed by atoms with van der Waals surface area (Å²) in [6.45, 7) is 1.91. The molecule has 0 amide bonds. The van der Waals surface area contributed by atoms with Crippen LogP contribution in [-0.2, 0) is 0 Å². The van der Waals surface area contributed by atoms with Crippen molar-refractivity contribution in [3.8, 4) is 0 Å². The first-order valence-electron chi connectivity index (χ1n) is 3.96. The second kappa shape index (κ2) is 2.92. The maximum atomic E-state index is 10.5. The van der Waals surface area contributed by atoms with Crippen LogP contribution in [0.3, 0.4) is 0 Å². The second-order valence-electron chi connectivity index (χ2n) is 2.94. The minimum atomic E-state index is -0.589. The molecule has 0 fully saturated rings. The van der Waals surface area contributed by atoms with Crippen molar-refractivity contribution in [1.82, 2.24) is 4.98 Å². The van der Waals surface area contributed by atoms with Gasteiger partial charge in [-0.25, -0.2) is 4.98 Å². The predicted molar refractivity (Wildman–Crippen MR) is 50.4 cm³/mol. The van der Waals surface area contributed by atoms with Gasteiger partial charge in [0.2, 0.25) is 6.04 Å². The highest BCUT2D eigenvalue weighted by Crippen LogP contribution is 2.04. The molecule has 0 saturated carbocycles. The number of rotatable bonds is 1. The molecule has 13 heavy (non-hydrogen) atoms. The molecule has 1 aliphatic rings. The molecular weight excluding hydrogens is 188 g/mol. The molecule has 0 N–H and O–H groups in total. The summed E-state index contributed by atoms with van der Waals surface area (Å²) in [5.74, 6) is 0. The molecule has 1 atom stereocenters. The van der Waals surface area contributed by atoms with Crippen molar-refractivity contribution in [3.63, 3.8) is 0 Å². The zero-order valence-electron chi connectivity index (χ0n) is 7.06. The van der Waals surface area contributed by atoms with E-state index in [2.05, 4.69) is 4.98 Å². The summed E-state index contributed by atoms with van der Waals surface area (Å²) in [6, 6.07) is -0.589. The fourth-order valence-corrected chi connectivity index (χ4v) is 2.21. The number of hydrogen-bond donors (Lipinski definition) is 0. The second-order valence-corrected chi connectivity index (χ2v) is 4.18. The zero-order valence-corrected chi connectivity index (χ0v) is 7.87. The maximum absolute atomic E-state index is 10.5. The fraction of sp³-hybridized carbons (Fsp3) is 0.375. The van der Waals surface area contributed by atoms with Crippen LogP contribution in [-0.4, -0.2) is 15.9 Å². The Morgan fingerprint density at radius 2 is 2.54 bits per heavy atom. The smallest absolute Gasteiger partial charge is 0.237 e. The third-order valence-electron chi connectivity index (χ3n) is 1.95. The van der Waals surface area contributed by atoms with Gasteiger partial charge in [-0.2, -0.15) is 0 Å². The summed E-state index contributed by atoms with van der Waals surface area (Å²) in [5.41, 5.74) is 0. The molecule has 68 valence electrons. The first kappa shape index (κ1) is 8.37. The molecule has 0 aromatic carbocycles. The lowest BCUT2D eigenvalue weighted by Gasteiger charge is -2.02. The number of nitro groups is 1. The Morgan fingerprint density at radius 1 is 1.77 bits per heavy atom. The highest BCUT2D eigenvalue weighted by atomic mass is 32.1. The van der Waals surface area contributed by atoms with Crippen molar-refractivity contribution >= 4 is 23.5 Å². The molecule has 1 aromatic heterocycles. The Bertz CT molecular complexity index is 463. The number of thiazole rings is 1. The number of aromatic nitrogens is 1. The maximum Gasteiger partial charge on any atom is 0.237 e. The zero-order chi connectivity index (χ0) is 9.42. The number of aryl methyl sites for hydroxylation is 1. The van der Waals surface area contributed by atoms with E-state index in [1.807, 2.05) is 13.0 Å². The Balaban J connectivity index is 2.54. The average Bonchev–Trinajstić information content (AvgIpc) is 2.42. The number of hydrogen-bond acceptors (Lipinski definition) is 4. The van der Waals surface area contributed by atoms with E-state index in [0.717, 1.165) is 14.9 Å².